The summed E-state index contributed by atoms with van der Waals surface area (Å²) in [5, 5.41) is 3.09. The highest BCUT2D eigenvalue weighted by molar-refractivity contribution is 7.89. The molecule has 49 heavy (non-hydrogen) atoms. The van der Waals surface area contributed by atoms with E-state index >= 15 is 0 Å². The molecule has 0 spiro atoms. The molecule has 2 amide bonds. The number of ether oxygens (including phenoxy) is 1. The molecular weight excluding hydrogens is 657 g/mol. The van der Waals surface area contributed by atoms with Gasteiger partial charge in [0.1, 0.15) is 5.60 Å². The van der Waals surface area contributed by atoms with Crippen LogP contribution in [-0.2, 0) is 32.2 Å². The number of likely N-dealkylation sites (tertiary alicyclic amines) is 1. The molecule has 268 valence electrons. The van der Waals surface area contributed by atoms with E-state index in [0.29, 0.717) is 12.5 Å². The number of carbonyl (C=O) groups excluding carboxylic acids is 2. The first-order valence-corrected chi connectivity index (χ1v) is 18.4. The van der Waals surface area contributed by atoms with Gasteiger partial charge in [-0.15, -0.1) is 0 Å². The number of rotatable bonds is 8. The van der Waals surface area contributed by atoms with Crippen molar-refractivity contribution in [3.8, 4) is 0 Å². The predicted octanol–water partition coefficient (Wildman–Crippen LogP) is 6.40. The molecular formula is C36H47F3N4O5S. The Labute approximate surface area is 287 Å². The quantitative estimate of drug-likeness (QED) is 0.342. The van der Waals surface area contributed by atoms with E-state index in [-0.39, 0.29) is 32.1 Å². The van der Waals surface area contributed by atoms with Gasteiger partial charge in [0.15, 0.2) is 0 Å². The van der Waals surface area contributed by atoms with Crippen LogP contribution in [0.2, 0.25) is 0 Å². The van der Waals surface area contributed by atoms with Gasteiger partial charge in [-0.2, -0.15) is 17.5 Å². The summed E-state index contributed by atoms with van der Waals surface area (Å²) in [6.07, 6.45) is 0.393. The Morgan fingerprint density at radius 2 is 1.71 bits per heavy atom. The van der Waals surface area contributed by atoms with Crippen molar-refractivity contribution in [1.29, 1.82) is 0 Å². The van der Waals surface area contributed by atoms with Gasteiger partial charge in [0, 0.05) is 32.6 Å². The largest absolute Gasteiger partial charge is 0.444 e. The summed E-state index contributed by atoms with van der Waals surface area (Å²) in [6, 6.07) is 8.46. The number of nitrogens with one attached hydrogen (secondary N) is 1. The smallest absolute Gasteiger partial charge is 0.416 e. The SMILES string of the molecule is C=C(CN1CCCCC1)c1ccc2c(c1)CCC[C@H]2NC(=O)CC1CN(C(=O)OC(C)(C)C)CCN1S(=O)(=O)c1cccc(C(F)(F)F)c1. The van der Waals surface area contributed by atoms with Crippen molar-refractivity contribution in [3.63, 3.8) is 0 Å². The van der Waals surface area contributed by atoms with E-state index in [9.17, 15) is 31.2 Å². The number of piperidine rings is 1. The number of piperazine rings is 1. The van der Waals surface area contributed by atoms with Crippen molar-refractivity contribution in [2.45, 2.75) is 94.5 Å². The van der Waals surface area contributed by atoms with Crippen molar-refractivity contribution in [2.75, 3.05) is 39.3 Å². The topological polar surface area (TPSA) is 99.3 Å². The van der Waals surface area contributed by atoms with Crippen molar-refractivity contribution in [2.24, 2.45) is 0 Å². The number of aryl methyl sites for hydroxylation is 1. The van der Waals surface area contributed by atoms with Gasteiger partial charge in [0.05, 0.1) is 22.5 Å². The van der Waals surface area contributed by atoms with Crippen LogP contribution in [-0.4, -0.2) is 85.4 Å². The first kappa shape index (κ1) is 36.9. The Morgan fingerprint density at radius 1 is 0.980 bits per heavy atom. The molecule has 0 saturated carbocycles. The van der Waals surface area contributed by atoms with E-state index in [1.165, 1.54) is 24.2 Å². The summed E-state index contributed by atoms with van der Waals surface area (Å²) in [4.78, 5) is 29.9. The molecule has 9 nitrogen and oxygen atoms in total. The lowest BCUT2D eigenvalue weighted by Gasteiger charge is -2.40. The highest BCUT2D eigenvalue weighted by atomic mass is 32.2. The van der Waals surface area contributed by atoms with Gasteiger partial charge in [-0.1, -0.05) is 37.3 Å². The maximum absolute atomic E-state index is 13.8. The molecule has 0 bridgehead atoms. The first-order chi connectivity index (χ1) is 23.0. The molecule has 2 aromatic rings. The van der Waals surface area contributed by atoms with Gasteiger partial charge in [-0.25, -0.2) is 13.2 Å². The van der Waals surface area contributed by atoms with Gasteiger partial charge in [-0.3, -0.25) is 9.69 Å². The maximum Gasteiger partial charge on any atom is 0.416 e. The average molecular weight is 705 g/mol. The molecule has 5 rings (SSSR count). The van der Waals surface area contributed by atoms with E-state index in [0.717, 1.165) is 77.2 Å². The molecule has 1 N–H and O–H groups in total. The third-order valence-electron chi connectivity index (χ3n) is 9.33. The second-order valence-corrected chi connectivity index (χ2v) is 16.2. The summed E-state index contributed by atoms with van der Waals surface area (Å²) in [6.45, 7) is 12.0. The van der Waals surface area contributed by atoms with Gasteiger partial charge >= 0.3 is 12.3 Å². The van der Waals surface area contributed by atoms with Crippen LogP contribution < -0.4 is 5.32 Å². The number of hydrogen-bond acceptors (Lipinski definition) is 6. The molecule has 2 aliphatic heterocycles. The van der Waals surface area contributed by atoms with E-state index in [1.54, 1.807) is 20.8 Å². The van der Waals surface area contributed by atoms with Gasteiger partial charge in [-0.05, 0) is 106 Å². The molecule has 3 aliphatic rings. The molecule has 2 fully saturated rings. The maximum atomic E-state index is 13.8. The third kappa shape index (κ3) is 9.23. The summed E-state index contributed by atoms with van der Waals surface area (Å²) in [5.41, 5.74) is 2.38. The second-order valence-electron chi connectivity index (χ2n) is 14.3. The number of nitrogens with zero attached hydrogens (tertiary/aromatic N) is 3. The minimum Gasteiger partial charge on any atom is -0.444 e. The van der Waals surface area contributed by atoms with Gasteiger partial charge < -0.3 is 15.0 Å². The summed E-state index contributed by atoms with van der Waals surface area (Å²) < 4.78 is 74.6. The molecule has 2 heterocycles. The van der Waals surface area contributed by atoms with Gasteiger partial charge in [0.25, 0.3) is 0 Å². The van der Waals surface area contributed by atoms with E-state index in [4.69, 9.17) is 4.74 Å². The number of benzene rings is 2. The molecule has 2 saturated heterocycles. The monoisotopic (exact) mass is 704 g/mol. The average Bonchev–Trinajstić information content (AvgIpc) is 3.04. The van der Waals surface area contributed by atoms with Crippen LogP contribution in [0.25, 0.3) is 5.57 Å². The number of hydrogen-bond donors (Lipinski definition) is 1. The lowest BCUT2D eigenvalue weighted by Crippen LogP contribution is -2.58. The third-order valence-corrected chi connectivity index (χ3v) is 11.3. The zero-order chi connectivity index (χ0) is 35.6. The molecule has 0 aromatic heterocycles. The number of sulfonamides is 1. The van der Waals surface area contributed by atoms with E-state index < -0.39 is 50.3 Å². The van der Waals surface area contributed by atoms with Crippen LogP contribution in [0.4, 0.5) is 18.0 Å². The number of carbonyl (C=O) groups is 2. The zero-order valence-electron chi connectivity index (χ0n) is 28.5. The predicted molar refractivity (Wildman–Crippen MR) is 181 cm³/mol. The van der Waals surface area contributed by atoms with E-state index in [2.05, 4.69) is 22.9 Å². The Hall–Kier alpha value is -3.42. The number of fused-ring (bicyclic) bond motifs is 1. The highest BCUT2D eigenvalue weighted by Crippen LogP contribution is 2.34. The number of alkyl halides is 3. The Balaban J connectivity index is 1.33. The lowest BCUT2D eigenvalue weighted by atomic mass is 9.85. The fourth-order valence-corrected chi connectivity index (χ4v) is 8.57. The van der Waals surface area contributed by atoms with Crippen LogP contribution in [0.1, 0.15) is 87.6 Å². The normalized spacial score (nSPS) is 21.1. The van der Waals surface area contributed by atoms with Crippen LogP contribution in [0.3, 0.4) is 0 Å². The molecule has 2 aromatic carbocycles. The Bertz CT molecular complexity index is 1650. The molecule has 1 aliphatic carbocycles. The van der Waals surface area contributed by atoms with Crippen molar-refractivity contribution in [1.82, 2.24) is 19.4 Å². The lowest BCUT2D eigenvalue weighted by molar-refractivity contribution is -0.137. The van der Waals surface area contributed by atoms with E-state index in [1.807, 2.05) is 12.1 Å². The number of halogens is 3. The minimum atomic E-state index is -4.74. The van der Waals surface area contributed by atoms with Crippen LogP contribution in [0.15, 0.2) is 53.9 Å². The zero-order valence-corrected chi connectivity index (χ0v) is 29.3. The fraction of sp³-hybridized carbons (Fsp3) is 0.556. The van der Waals surface area contributed by atoms with Crippen molar-refractivity contribution < 1.29 is 35.9 Å². The van der Waals surface area contributed by atoms with Crippen molar-refractivity contribution >= 4 is 27.6 Å². The first-order valence-electron chi connectivity index (χ1n) is 17.0. The highest BCUT2D eigenvalue weighted by Gasteiger charge is 2.41. The molecule has 0 radical (unpaired) electrons. The number of amides is 2. The molecule has 1 unspecified atom stereocenters. The Morgan fingerprint density at radius 3 is 2.41 bits per heavy atom. The molecule has 2 atom stereocenters. The summed E-state index contributed by atoms with van der Waals surface area (Å²) in [5.74, 6) is -0.420. The minimum absolute atomic E-state index is 0.0490. The van der Waals surface area contributed by atoms with Crippen LogP contribution >= 0.6 is 0 Å². The summed E-state index contributed by atoms with van der Waals surface area (Å²) >= 11 is 0. The molecule has 13 heteroatoms. The van der Waals surface area contributed by atoms with Crippen LogP contribution in [0.5, 0.6) is 0 Å². The standard InChI is InChI=1S/C36H47F3N4O5S/c1-25(23-41-16-6-5-7-17-41)26-14-15-31-27(20-26)10-8-13-32(31)40-33(44)22-29-24-42(34(45)48-35(2,3)4)18-19-43(29)49(46,47)30-12-9-11-28(21-30)36(37,38)39/h9,11-12,14-15,20-21,29,32H,1,5-8,10,13,16-19,22-24H2,2-4H3,(H,40,44)/t29?,32-/m1/s1. The Kier molecular flexibility index (Phi) is 11.1. The second kappa shape index (κ2) is 14.8. The van der Waals surface area contributed by atoms with Crippen LogP contribution in [0, 0.1) is 0 Å². The fourth-order valence-electron chi connectivity index (χ4n) is 6.91. The van der Waals surface area contributed by atoms with Crippen molar-refractivity contribution in [3.05, 3.63) is 71.3 Å². The summed E-state index contributed by atoms with van der Waals surface area (Å²) in [7, 11) is -4.47. The van der Waals surface area contributed by atoms with Gasteiger partial charge in [0.2, 0.25) is 15.9 Å².